The number of aromatic amines is 1. The first-order valence-electron chi connectivity index (χ1n) is 24.2. The largest absolute Gasteiger partial charge is 0.489 e. The first-order valence-corrected chi connectivity index (χ1v) is 25.7. The lowest BCUT2D eigenvalue weighted by Crippen LogP contribution is -2.54. The van der Waals surface area contributed by atoms with Crippen LogP contribution < -0.4 is 29.3 Å². The molecular formula is C50H60N10O7S. The number of likely N-dealkylation sites (N-methyl/N-ethyl adjacent to an activating group) is 1. The van der Waals surface area contributed by atoms with Crippen LogP contribution in [-0.4, -0.2) is 135 Å². The second-order valence-electron chi connectivity index (χ2n) is 19.8. The van der Waals surface area contributed by atoms with E-state index in [0.29, 0.717) is 66.5 Å². The van der Waals surface area contributed by atoms with Gasteiger partial charge in [-0.25, -0.2) is 13.1 Å². The van der Waals surface area contributed by atoms with Gasteiger partial charge in [-0.2, -0.15) is 4.98 Å². The Morgan fingerprint density at radius 3 is 2.54 bits per heavy atom. The number of amides is 1. The van der Waals surface area contributed by atoms with Crippen LogP contribution in [-0.2, 0) is 10.0 Å². The van der Waals surface area contributed by atoms with Crippen molar-refractivity contribution in [3.8, 4) is 11.6 Å². The summed E-state index contributed by atoms with van der Waals surface area (Å²) in [5.41, 5.74) is 5.73. The number of nitro benzene ring substituents is 1. The molecule has 11 rings (SSSR count). The number of nitro groups is 1. The fraction of sp³-hybridized carbons (Fsp3) is 0.480. The number of rotatable bonds is 10. The zero-order chi connectivity index (χ0) is 46.7. The predicted molar refractivity (Wildman–Crippen MR) is 261 cm³/mol. The number of benzene rings is 3. The van der Waals surface area contributed by atoms with Crippen LogP contribution in [0.3, 0.4) is 0 Å². The highest BCUT2D eigenvalue weighted by Crippen LogP contribution is 2.54. The summed E-state index contributed by atoms with van der Waals surface area (Å²) < 4.78 is 42.9. The molecule has 3 N–H and O–H groups in total. The molecule has 6 aliphatic rings. The van der Waals surface area contributed by atoms with Gasteiger partial charge in [-0.3, -0.25) is 24.7 Å². The van der Waals surface area contributed by atoms with Gasteiger partial charge in [-0.1, -0.05) is 24.3 Å². The Kier molecular flexibility index (Phi) is 11.7. The third-order valence-corrected chi connectivity index (χ3v) is 16.9. The van der Waals surface area contributed by atoms with Crippen molar-refractivity contribution in [2.24, 2.45) is 5.41 Å². The Bertz CT molecular complexity index is 2850. The summed E-state index contributed by atoms with van der Waals surface area (Å²) in [6.07, 6.45) is 9.44. The molecule has 3 saturated heterocycles. The molecule has 18 heteroatoms. The Morgan fingerprint density at radius 2 is 1.75 bits per heavy atom. The van der Waals surface area contributed by atoms with Crippen LogP contribution in [0, 0.1) is 22.5 Å². The lowest BCUT2D eigenvalue weighted by Gasteiger charge is -2.56. The number of pyridine rings is 1. The molecule has 2 aromatic heterocycles. The summed E-state index contributed by atoms with van der Waals surface area (Å²) in [5, 5.41) is 16.6. The number of nitrogens with zero attached hydrogens (tertiary/aromatic N) is 7. The third-order valence-electron chi connectivity index (χ3n) is 15.5. The second-order valence-corrected chi connectivity index (χ2v) is 21.5. The number of aromatic nitrogens is 2. The molecule has 0 radical (unpaired) electrons. The van der Waals surface area contributed by atoms with Crippen molar-refractivity contribution in [3.63, 3.8) is 0 Å². The smallest absolute Gasteiger partial charge is 0.297 e. The zero-order valence-corrected chi connectivity index (χ0v) is 39.6. The van der Waals surface area contributed by atoms with Gasteiger partial charge in [0.25, 0.3) is 21.6 Å². The summed E-state index contributed by atoms with van der Waals surface area (Å²) in [6, 6.07) is 21.4. The van der Waals surface area contributed by atoms with E-state index in [4.69, 9.17) is 14.5 Å². The minimum atomic E-state index is -4.65. The van der Waals surface area contributed by atoms with Crippen LogP contribution in [0.2, 0.25) is 0 Å². The molecule has 5 aromatic rings. The molecular weight excluding hydrogens is 885 g/mol. The number of hydrogen-bond acceptors (Lipinski definition) is 14. The number of piperazine rings is 1. The Hall–Kier alpha value is -5.95. The van der Waals surface area contributed by atoms with Crippen LogP contribution in [0.4, 0.5) is 28.4 Å². The number of carbonyl (C=O) groups is 1. The van der Waals surface area contributed by atoms with Gasteiger partial charge in [-0.05, 0) is 112 Å². The highest BCUT2D eigenvalue weighted by molar-refractivity contribution is 7.90. The van der Waals surface area contributed by atoms with Crippen LogP contribution in [0.15, 0.2) is 77.8 Å². The minimum Gasteiger partial charge on any atom is -0.489 e. The summed E-state index contributed by atoms with van der Waals surface area (Å²) in [4.78, 5) is 45.6. The zero-order valence-electron chi connectivity index (χ0n) is 38.8. The number of sulfonamides is 1. The molecule has 1 saturated carbocycles. The fourth-order valence-corrected chi connectivity index (χ4v) is 12.7. The van der Waals surface area contributed by atoms with Crippen molar-refractivity contribution in [2.75, 3.05) is 94.3 Å². The Morgan fingerprint density at radius 1 is 0.941 bits per heavy atom. The summed E-state index contributed by atoms with van der Waals surface area (Å²) in [5.74, 6) is -0.422. The number of likely N-dealkylation sites (tertiary alicyclic amines) is 1. The Labute approximate surface area is 397 Å². The van der Waals surface area contributed by atoms with Gasteiger partial charge in [0.15, 0.2) is 11.4 Å². The molecule has 0 bridgehead atoms. The normalized spacial score (nSPS) is 22.4. The number of aryl methyl sites for hydroxylation is 1. The molecule has 0 unspecified atom stereocenters. The summed E-state index contributed by atoms with van der Waals surface area (Å²) >= 11 is 0. The average Bonchev–Trinajstić information content (AvgIpc) is 3.95. The van der Waals surface area contributed by atoms with E-state index in [2.05, 4.69) is 72.9 Å². The second kappa shape index (κ2) is 17.9. The van der Waals surface area contributed by atoms with E-state index >= 15 is 0 Å². The molecule has 17 nitrogen and oxygen atoms in total. The summed E-state index contributed by atoms with van der Waals surface area (Å²) in [6.45, 7) is 10.4. The van der Waals surface area contributed by atoms with Crippen molar-refractivity contribution in [1.82, 2.24) is 29.4 Å². The van der Waals surface area contributed by atoms with Gasteiger partial charge >= 0.3 is 0 Å². The van der Waals surface area contributed by atoms with E-state index in [1.807, 2.05) is 35.4 Å². The standard InChI is InChI=1S/C50H60N10O7S/c1-33-7-3-4-8-39(33)41-9-5-16-58(41)37-29-50(30-37)13-18-57(19-14-50)36-10-11-40(42(26-36)59-17-6-24-66-49-44(59)25-34-12-15-51-47(34)53-49)48(61)54-68(64,65)38-27-43(60(62)63)46-45(28-38)67-32-35(52-46)31-56-22-20-55(2)21-23-56/h3-4,7-8,10-12,15,25-28,35,37,41,52H,5-6,9,13-14,16-24,29-32H2,1-2H3,(H,51,53)(H,54,61)/t35-,41+/m1/s1. The van der Waals surface area contributed by atoms with Crippen molar-refractivity contribution in [3.05, 3.63) is 99.7 Å². The molecule has 5 aliphatic heterocycles. The van der Waals surface area contributed by atoms with Crippen molar-refractivity contribution in [2.45, 2.75) is 74.9 Å². The quantitative estimate of drug-likeness (QED) is 0.0980. The maximum Gasteiger partial charge on any atom is 0.297 e. The molecule has 1 spiro atoms. The molecule has 68 heavy (non-hydrogen) atoms. The maximum absolute atomic E-state index is 14.5. The van der Waals surface area contributed by atoms with Crippen molar-refractivity contribution >= 4 is 55.4 Å². The molecule has 2 atom stereocenters. The van der Waals surface area contributed by atoms with Crippen molar-refractivity contribution in [1.29, 1.82) is 0 Å². The van der Waals surface area contributed by atoms with E-state index in [-0.39, 0.29) is 29.6 Å². The minimum absolute atomic E-state index is 0.0414. The molecule has 7 heterocycles. The van der Waals surface area contributed by atoms with E-state index in [1.54, 1.807) is 6.07 Å². The van der Waals surface area contributed by atoms with E-state index < -0.39 is 31.4 Å². The number of H-pyrrole nitrogens is 1. The van der Waals surface area contributed by atoms with Gasteiger partial charge in [0.1, 0.15) is 17.9 Å². The third kappa shape index (κ3) is 8.49. The number of anilines is 4. The van der Waals surface area contributed by atoms with Crippen molar-refractivity contribution < 1.29 is 27.6 Å². The van der Waals surface area contributed by atoms with Gasteiger partial charge in [0, 0.05) is 93.8 Å². The SMILES string of the molecule is Cc1ccccc1[C@@H]1CCCN1C1CC2(CCN(c3ccc(C(=O)NS(=O)(=O)c4cc5c(c([N+](=O)[O-])c4)N[C@H](CN4CCN(C)CC4)CO5)c(N4CCCOc5nc6[nH]ccc6cc54)c3)CC2)C1. The van der Waals surface area contributed by atoms with Gasteiger partial charge < -0.3 is 34.5 Å². The van der Waals surface area contributed by atoms with Crippen LogP contribution in [0.1, 0.15) is 72.5 Å². The number of carbonyl (C=O) groups excluding carboxylic acids is 1. The highest BCUT2D eigenvalue weighted by atomic mass is 32.2. The molecule has 1 aliphatic carbocycles. The number of ether oxygens (including phenoxy) is 2. The fourth-order valence-electron chi connectivity index (χ4n) is 11.7. The number of fused-ring (bicyclic) bond motifs is 3. The molecule has 1 amide bonds. The first-order chi connectivity index (χ1) is 32.9. The van der Waals surface area contributed by atoms with Crippen LogP contribution in [0.25, 0.3) is 11.0 Å². The number of hydrogen-bond donors (Lipinski definition) is 3. The lowest BCUT2D eigenvalue weighted by molar-refractivity contribution is -0.384. The average molecular weight is 945 g/mol. The van der Waals surface area contributed by atoms with E-state index in [0.717, 1.165) is 75.8 Å². The van der Waals surface area contributed by atoms with E-state index in [9.17, 15) is 23.3 Å². The van der Waals surface area contributed by atoms with Crippen LogP contribution >= 0.6 is 0 Å². The highest BCUT2D eigenvalue weighted by Gasteiger charge is 2.50. The lowest BCUT2D eigenvalue weighted by atomic mass is 9.59. The maximum atomic E-state index is 14.5. The molecule has 4 fully saturated rings. The molecule has 3 aromatic carbocycles. The van der Waals surface area contributed by atoms with Gasteiger partial charge in [-0.15, -0.1) is 0 Å². The number of piperidine rings is 1. The number of nitrogens with one attached hydrogen (secondary N) is 3. The predicted octanol–water partition coefficient (Wildman–Crippen LogP) is 6.83. The van der Waals surface area contributed by atoms with E-state index in [1.165, 1.54) is 42.9 Å². The monoisotopic (exact) mass is 944 g/mol. The molecule has 358 valence electrons. The first kappa shape index (κ1) is 44.5. The van der Waals surface area contributed by atoms with Gasteiger partial charge in [0.05, 0.1) is 33.7 Å². The van der Waals surface area contributed by atoms with Crippen LogP contribution in [0.5, 0.6) is 11.6 Å². The topological polar surface area (TPSA) is 182 Å². The summed E-state index contributed by atoms with van der Waals surface area (Å²) in [7, 11) is -2.57. The van der Waals surface area contributed by atoms with Gasteiger partial charge in [0.2, 0.25) is 5.88 Å². The Balaban J connectivity index is 0.848.